The van der Waals surface area contributed by atoms with Gasteiger partial charge in [-0.25, -0.2) is 0 Å². The number of anilines is 1. The molecule has 0 amide bonds. The molecule has 76 valence electrons. The molecule has 0 heterocycles. The predicted octanol–water partition coefficient (Wildman–Crippen LogP) is 1.61. The minimum Gasteiger partial charge on any atom is -0.494 e. The van der Waals surface area contributed by atoms with Gasteiger partial charge in [0.2, 0.25) is 0 Å². The van der Waals surface area contributed by atoms with Crippen LogP contribution in [0, 0.1) is 0 Å². The van der Waals surface area contributed by atoms with Crippen molar-refractivity contribution in [3.63, 3.8) is 0 Å². The van der Waals surface area contributed by atoms with Gasteiger partial charge in [-0.05, 0) is 37.0 Å². The second-order valence-corrected chi connectivity index (χ2v) is 3.66. The third kappa shape index (κ3) is 1.44. The molecule has 0 fully saturated rings. The van der Waals surface area contributed by atoms with Crippen LogP contribution in [0.2, 0.25) is 0 Å². The first-order chi connectivity index (χ1) is 6.72. The minimum atomic E-state index is 0.132. The average molecular weight is 192 g/mol. The maximum absolute atomic E-state index is 5.97. The van der Waals surface area contributed by atoms with E-state index in [1.165, 1.54) is 5.56 Å². The Morgan fingerprint density at radius 1 is 1.50 bits per heavy atom. The van der Waals surface area contributed by atoms with E-state index >= 15 is 0 Å². The number of nitrogens with two attached hydrogens (primary N) is 2. The second-order valence-electron chi connectivity index (χ2n) is 3.66. The van der Waals surface area contributed by atoms with Gasteiger partial charge in [0, 0.05) is 17.8 Å². The number of hydrogen-bond acceptors (Lipinski definition) is 3. The molecule has 3 nitrogen and oxygen atoms in total. The zero-order valence-electron chi connectivity index (χ0n) is 8.42. The van der Waals surface area contributed by atoms with Crippen molar-refractivity contribution in [1.82, 2.24) is 0 Å². The molecular weight excluding hydrogens is 176 g/mol. The van der Waals surface area contributed by atoms with Crippen LogP contribution in [0.15, 0.2) is 12.1 Å². The molecule has 1 atom stereocenters. The van der Waals surface area contributed by atoms with E-state index in [9.17, 15) is 0 Å². The van der Waals surface area contributed by atoms with Crippen LogP contribution in [0.3, 0.4) is 0 Å². The van der Waals surface area contributed by atoms with E-state index in [4.69, 9.17) is 16.2 Å². The zero-order chi connectivity index (χ0) is 10.1. The Bertz CT molecular complexity index is 349. The summed E-state index contributed by atoms with van der Waals surface area (Å²) in [6.45, 7) is 2.62. The van der Waals surface area contributed by atoms with Crippen molar-refractivity contribution >= 4 is 5.69 Å². The Kier molecular flexibility index (Phi) is 2.33. The van der Waals surface area contributed by atoms with E-state index < -0.39 is 0 Å². The van der Waals surface area contributed by atoms with Crippen LogP contribution < -0.4 is 16.2 Å². The highest BCUT2D eigenvalue weighted by Crippen LogP contribution is 2.36. The Morgan fingerprint density at radius 2 is 2.29 bits per heavy atom. The van der Waals surface area contributed by atoms with E-state index in [1.54, 1.807) is 0 Å². The Balaban J connectivity index is 2.42. The van der Waals surface area contributed by atoms with E-state index in [2.05, 4.69) is 0 Å². The maximum Gasteiger partial charge on any atom is 0.121 e. The summed E-state index contributed by atoms with van der Waals surface area (Å²) in [6.07, 6.45) is 1.99. The van der Waals surface area contributed by atoms with Crippen LogP contribution in [0.4, 0.5) is 5.69 Å². The summed E-state index contributed by atoms with van der Waals surface area (Å²) in [4.78, 5) is 0. The molecular formula is C11H16N2O. The molecule has 14 heavy (non-hydrogen) atoms. The van der Waals surface area contributed by atoms with Crippen LogP contribution in [0.5, 0.6) is 5.75 Å². The quantitative estimate of drug-likeness (QED) is 0.700. The Labute approximate surface area is 84.0 Å². The third-order valence-electron chi connectivity index (χ3n) is 2.71. The molecule has 0 aliphatic heterocycles. The largest absolute Gasteiger partial charge is 0.494 e. The highest BCUT2D eigenvalue weighted by Gasteiger charge is 2.21. The van der Waals surface area contributed by atoms with Crippen LogP contribution in [-0.2, 0) is 6.42 Å². The Hall–Kier alpha value is -1.22. The van der Waals surface area contributed by atoms with Gasteiger partial charge in [-0.15, -0.1) is 0 Å². The number of benzene rings is 1. The molecule has 0 spiro atoms. The molecule has 1 aromatic carbocycles. The molecule has 0 saturated heterocycles. The van der Waals surface area contributed by atoms with Crippen LogP contribution >= 0.6 is 0 Å². The first-order valence-electron chi connectivity index (χ1n) is 5.03. The molecule has 0 saturated carbocycles. The lowest BCUT2D eigenvalue weighted by Gasteiger charge is -2.10. The van der Waals surface area contributed by atoms with E-state index in [-0.39, 0.29) is 6.04 Å². The van der Waals surface area contributed by atoms with Crippen LogP contribution in [0.25, 0.3) is 0 Å². The van der Waals surface area contributed by atoms with Gasteiger partial charge in [0.25, 0.3) is 0 Å². The average Bonchev–Trinajstić information content (AvgIpc) is 2.49. The monoisotopic (exact) mass is 192 g/mol. The van der Waals surface area contributed by atoms with E-state index in [0.717, 1.165) is 29.8 Å². The summed E-state index contributed by atoms with van der Waals surface area (Å²) in [7, 11) is 0. The summed E-state index contributed by atoms with van der Waals surface area (Å²) in [6, 6.07) is 4.04. The molecule has 1 aliphatic rings. The summed E-state index contributed by atoms with van der Waals surface area (Å²) in [5.74, 6) is 0.834. The van der Waals surface area contributed by atoms with Crippen molar-refractivity contribution in [2.75, 3.05) is 12.3 Å². The van der Waals surface area contributed by atoms with Gasteiger partial charge in [0.05, 0.1) is 6.61 Å². The van der Waals surface area contributed by atoms with Crippen molar-refractivity contribution < 1.29 is 4.74 Å². The number of hydrogen-bond donors (Lipinski definition) is 2. The van der Waals surface area contributed by atoms with E-state index in [1.807, 2.05) is 19.1 Å². The number of nitrogen functional groups attached to an aromatic ring is 1. The predicted molar refractivity (Wildman–Crippen MR) is 57.3 cm³/mol. The van der Waals surface area contributed by atoms with Crippen molar-refractivity contribution in [2.24, 2.45) is 5.73 Å². The lowest BCUT2D eigenvalue weighted by molar-refractivity contribution is 0.340. The molecule has 3 heteroatoms. The SMILES string of the molecule is CCOc1cc(N)c2c(c1)C(N)CC2. The van der Waals surface area contributed by atoms with Gasteiger partial charge in [-0.3, -0.25) is 0 Å². The zero-order valence-corrected chi connectivity index (χ0v) is 8.42. The topological polar surface area (TPSA) is 61.3 Å². The molecule has 1 aliphatic carbocycles. The molecule has 1 aromatic rings. The smallest absolute Gasteiger partial charge is 0.121 e. The van der Waals surface area contributed by atoms with Crippen molar-refractivity contribution in [3.05, 3.63) is 23.3 Å². The van der Waals surface area contributed by atoms with E-state index in [0.29, 0.717) is 6.61 Å². The fourth-order valence-corrected chi connectivity index (χ4v) is 2.01. The molecule has 1 unspecified atom stereocenters. The van der Waals surface area contributed by atoms with Gasteiger partial charge in [-0.1, -0.05) is 0 Å². The molecule has 0 bridgehead atoms. The summed E-state index contributed by atoms with van der Waals surface area (Å²) >= 11 is 0. The molecule has 2 rings (SSSR count). The molecule has 4 N–H and O–H groups in total. The van der Waals surface area contributed by atoms with Gasteiger partial charge in [-0.2, -0.15) is 0 Å². The summed E-state index contributed by atoms with van der Waals surface area (Å²) in [5, 5.41) is 0. The number of rotatable bonds is 2. The first-order valence-corrected chi connectivity index (χ1v) is 5.03. The van der Waals surface area contributed by atoms with Crippen molar-refractivity contribution in [3.8, 4) is 5.75 Å². The third-order valence-corrected chi connectivity index (χ3v) is 2.71. The maximum atomic E-state index is 5.97. The Morgan fingerprint density at radius 3 is 3.00 bits per heavy atom. The highest BCUT2D eigenvalue weighted by molar-refractivity contribution is 5.58. The van der Waals surface area contributed by atoms with Gasteiger partial charge in [0.15, 0.2) is 0 Å². The number of fused-ring (bicyclic) bond motifs is 1. The van der Waals surface area contributed by atoms with Gasteiger partial charge < -0.3 is 16.2 Å². The first kappa shape index (κ1) is 9.34. The van der Waals surface area contributed by atoms with Crippen molar-refractivity contribution in [1.29, 1.82) is 0 Å². The molecule has 0 aromatic heterocycles. The lowest BCUT2D eigenvalue weighted by atomic mass is 10.1. The normalized spacial score (nSPS) is 19.4. The van der Waals surface area contributed by atoms with Gasteiger partial charge in [0.1, 0.15) is 5.75 Å². The standard InChI is InChI=1S/C11H16N2O/c1-2-14-7-5-9-8(11(13)6-7)3-4-10(9)12/h5-6,10H,2-4,12-13H2,1H3. The summed E-state index contributed by atoms with van der Waals surface area (Å²) < 4.78 is 5.42. The van der Waals surface area contributed by atoms with Crippen LogP contribution in [0.1, 0.15) is 30.5 Å². The number of ether oxygens (including phenoxy) is 1. The fraction of sp³-hybridized carbons (Fsp3) is 0.455. The van der Waals surface area contributed by atoms with Crippen LogP contribution in [-0.4, -0.2) is 6.61 Å². The van der Waals surface area contributed by atoms with Crippen molar-refractivity contribution in [2.45, 2.75) is 25.8 Å². The highest BCUT2D eigenvalue weighted by atomic mass is 16.5. The second kappa shape index (κ2) is 3.50. The lowest BCUT2D eigenvalue weighted by Crippen LogP contribution is -2.06. The van der Waals surface area contributed by atoms with Gasteiger partial charge >= 0.3 is 0 Å². The summed E-state index contributed by atoms with van der Waals surface area (Å²) in [5.41, 5.74) is 15.1. The minimum absolute atomic E-state index is 0.132. The fourth-order valence-electron chi connectivity index (χ4n) is 2.01. The molecule has 0 radical (unpaired) electrons.